The molecule has 80 valence electrons. The van der Waals surface area contributed by atoms with E-state index in [-0.39, 0.29) is 0 Å². The molecule has 0 bridgehead atoms. The van der Waals surface area contributed by atoms with Crippen LogP contribution in [-0.2, 0) is 7.05 Å². The van der Waals surface area contributed by atoms with Gasteiger partial charge in [0.05, 0.1) is 13.3 Å². The second kappa shape index (κ2) is 3.57. The molecule has 1 aromatic carbocycles. The van der Waals surface area contributed by atoms with Gasteiger partial charge in [0.25, 0.3) is 0 Å². The Kier molecular flexibility index (Phi) is 2.39. The first-order valence-electron chi connectivity index (χ1n) is 5.13. The quantitative estimate of drug-likeness (QED) is 0.752. The topological polar surface area (TPSA) is 27.1 Å². The Hall–Kier alpha value is -1.51. The summed E-state index contributed by atoms with van der Waals surface area (Å²) >= 11 is 0. The molecule has 0 aliphatic carbocycles. The smallest absolute Gasteiger partial charge is 0.145 e. The Bertz CT molecular complexity index is 486. The first-order chi connectivity index (χ1) is 7.13. The van der Waals surface area contributed by atoms with Gasteiger partial charge in [0.15, 0.2) is 0 Å². The van der Waals surface area contributed by atoms with Crippen molar-refractivity contribution in [3.05, 3.63) is 23.9 Å². The van der Waals surface area contributed by atoms with E-state index in [0.717, 1.165) is 16.7 Å². The Labute approximate surface area is 89.7 Å². The van der Waals surface area contributed by atoms with Crippen LogP contribution in [0.5, 0.6) is 5.75 Å². The highest BCUT2D eigenvalue weighted by atomic mass is 16.5. The maximum Gasteiger partial charge on any atom is 0.145 e. The molecule has 2 rings (SSSR count). The highest BCUT2D eigenvalue weighted by molar-refractivity contribution is 5.85. The molecule has 0 fully saturated rings. The number of ether oxygens (including phenoxy) is 1. The van der Waals surface area contributed by atoms with Crippen molar-refractivity contribution in [2.45, 2.75) is 19.8 Å². The second-order valence-electron chi connectivity index (χ2n) is 4.08. The molecule has 0 aliphatic rings. The summed E-state index contributed by atoms with van der Waals surface area (Å²) in [5.74, 6) is 1.40. The normalized spacial score (nSPS) is 11.3. The first-order valence-corrected chi connectivity index (χ1v) is 5.13. The third kappa shape index (κ3) is 1.58. The summed E-state index contributed by atoms with van der Waals surface area (Å²) < 4.78 is 7.24. The van der Waals surface area contributed by atoms with E-state index in [2.05, 4.69) is 31.1 Å². The minimum Gasteiger partial charge on any atom is -0.494 e. The van der Waals surface area contributed by atoms with E-state index >= 15 is 0 Å². The molecule has 0 saturated carbocycles. The molecule has 0 N–H and O–H groups in total. The number of hydrogen-bond acceptors (Lipinski definition) is 2. The lowest BCUT2D eigenvalue weighted by atomic mass is 10.0. The van der Waals surface area contributed by atoms with Gasteiger partial charge in [-0.25, -0.2) is 0 Å². The number of hydrogen-bond donors (Lipinski definition) is 0. The number of benzene rings is 1. The Balaban J connectivity index is 2.73. The molecular formula is C12H16N2O. The lowest BCUT2D eigenvalue weighted by molar-refractivity contribution is 0.416. The van der Waals surface area contributed by atoms with Gasteiger partial charge in [0.2, 0.25) is 0 Å². The first kappa shape index (κ1) is 10.0. The maximum absolute atomic E-state index is 5.40. The van der Waals surface area contributed by atoms with E-state index in [0.29, 0.717) is 5.92 Å². The molecule has 0 unspecified atom stereocenters. The minimum absolute atomic E-state index is 0.503. The summed E-state index contributed by atoms with van der Waals surface area (Å²) in [6.07, 6.45) is 1.88. The van der Waals surface area contributed by atoms with Crippen LogP contribution in [0.1, 0.15) is 25.3 Å². The summed E-state index contributed by atoms with van der Waals surface area (Å²) in [7, 11) is 3.63. The molecular weight excluding hydrogens is 188 g/mol. The van der Waals surface area contributed by atoms with Crippen LogP contribution in [-0.4, -0.2) is 16.9 Å². The van der Waals surface area contributed by atoms with Gasteiger partial charge in [-0.15, -0.1) is 0 Å². The molecule has 0 spiro atoms. The predicted molar refractivity (Wildman–Crippen MR) is 61.4 cm³/mol. The summed E-state index contributed by atoms with van der Waals surface area (Å²) in [6.45, 7) is 4.36. The fourth-order valence-electron chi connectivity index (χ4n) is 1.79. The monoisotopic (exact) mass is 204 g/mol. The molecule has 3 nitrogen and oxygen atoms in total. The van der Waals surface area contributed by atoms with E-state index < -0.39 is 0 Å². The average molecular weight is 204 g/mol. The van der Waals surface area contributed by atoms with Crippen molar-refractivity contribution in [1.82, 2.24) is 9.78 Å². The van der Waals surface area contributed by atoms with Gasteiger partial charge in [-0.1, -0.05) is 13.8 Å². The molecule has 15 heavy (non-hydrogen) atoms. The third-order valence-corrected chi connectivity index (χ3v) is 2.71. The number of nitrogens with zero attached hydrogens (tertiary/aromatic N) is 2. The third-order valence-electron chi connectivity index (χ3n) is 2.71. The zero-order chi connectivity index (χ0) is 11.0. The van der Waals surface area contributed by atoms with Crippen molar-refractivity contribution in [3.63, 3.8) is 0 Å². The molecule has 0 atom stereocenters. The standard InChI is InChI=1S/C12H16N2O/c1-8(2)9-5-10-7-13-14(3)12(10)11(6-9)15-4/h5-8H,1-4H3. The molecule has 0 aliphatic heterocycles. The van der Waals surface area contributed by atoms with Crippen molar-refractivity contribution in [2.24, 2.45) is 7.05 Å². The number of rotatable bonds is 2. The number of aryl methyl sites for hydroxylation is 1. The molecule has 0 amide bonds. The second-order valence-corrected chi connectivity index (χ2v) is 4.08. The lowest BCUT2D eigenvalue weighted by Crippen LogP contribution is -1.95. The van der Waals surface area contributed by atoms with Crippen LogP contribution in [0.15, 0.2) is 18.3 Å². The van der Waals surface area contributed by atoms with E-state index in [9.17, 15) is 0 Å². The van der Waals surface area contributed by atoms with Gasteiger partial charge in [0, 0.05) is 12.4 Å². The van der Waals surface area contributed by atoms with E-state index in [1.165, 1.54) is 5.56 Å². The van der Waals surface area contributed by atoms with E-state index in [4.69, 9.17) is 4.74 Å². The van der Waals surface area contributed by atoms with Crippen LogP contribution >= 0.6 is 0 Å². The average Bonchev–Trinajstić information content (AvgIpc) is 2.59. The summed E-state index contributed by atoms with van der Waals surface area (Å²) in [5.41, 5.74) is 2.34. The van der Waals surface area contributed by atoms with Crippen molar-refractivity contribution >= 4 is 10.9 Å². The van der Waals surface area contributed by atoms with Crippen molar-refractivity contribution in [2.75, 3.05) is 7.11 Å². The molecule has 0 saturated heterocycles. The Morgan fingerprint density at radius 1 is 1.33 bits per heavy atom. The summed E-state index contributed by atoms with van der Waals surface area (Å²) in [5, 5.41) is 5.38. The highest BCUT2D eigenvalue weighted by Gasteiger charge is 2.10. The van der Waals surface area contributed by atoms with Crippen molar-refractivity contribution in [1.29, 1.82) is 0 Å². The van der Waals surface area contributed by atoms with Crippen LogP contribution in [0, 0.1) is 0 Å². The molecule has 1 heterocycles. The van der Waals surface area contributed by atoms with Crippen molar-refractivity contribution in [3.8, 4) is 5.75 Å². The zero-order valence-electron chi connectivity index (χ0n) is 9.61. The van der Waals surface area contributed by atoms with Crippen LogP contribution in [0.25, 0.3) is 10.9 Å². The fourth-order valence-corrected chi connectivity index (χ4v) is 1.79. The van der Waals surface area contributed by atoms with Crippen molar-refractivity contribution < 1.29 is 4.74 Å². The largest absolute Gasteiger partial charge is 0.494 e. The predicted octanol–water partition coefficient (Wildman–Crippen LogP) is 2.71. The number of fused-ring (bicyclic) bond motifs is 1. The minimum atomic E-state index is 0.503. The fraction of sp³-hybridized carbons (Fsp3) is 0.417. The highest BCUT2D eigenvalue weighted by Crippen LogP contribution is 2.29. The van der Waals surface area contributed by atoms with Gasteiger partial charge in [-0.2, -0.15) is 5.10 Å². The Morgan fingerprint density at radius 3 is 2.67 bits per heavy atom. The van der Waals surface area contributed by atoms with Gasteiger partial charge in [-0.3, -0.25) is 4.68 Å². The van der Waals surface area contributed by atoms with E-state index in [1.54, 1.807) is 7.11 Å². The van der Waals surface area contributed by atoms with E-state index in [1.807, 2.05) is 17.9 Å². The van der Waals surface area contributed by atoms with Crippen LogP contribution in [0.3, 0.4) is 0 Å². The van der Waals surface area contributed by atoms with Gasteiger partial charge in [-0.05, 0) is 23.6 Å². The van der Waals surface area contributed by atoms with Gasteiger partial charge >= 0.3 is 0 Å². The molecule has 1 aromatic heterocycles. The SMILES string of the molecule is COc1cc(C(C)C)cc2cnn(C)c12. The number of aromatic nitrogens is 2. The number of methoxy groups -OCH3 is 1. The van der Waals surface area contributed by atoms with Crippen LogP contribution in [0.4, 0.5) is 0 Å². The van der Waals surface area contributed by atoms with Gasteiger partial charge < -0.3 is 4.74 Å². The molecule has 0 radical (unpaired) electrons. The van der Waals surface area contributed by atoms with Crippen LogP contribution in [0.2, 0.25) is 0 Å². The zero-order valence-corrected chi connectivity index (χ0v) is 9.61. The molecule has 2 aromatic rings. The Morgan fingerprint density at radius 2 is 2.07 bits per heavy atom. The summed E-state index contributed by atoms with van der Waals surface area (Å²) in [4.78, 5) is 0. The maximum atomic E-state index is 5.40. The summed E-state index contributed by atoms with van der Waals surface area (Å²) in [6, 6.07) is 4.27. The lowest BCUT2D eigenvalue weighted by Gasteiger charge is -2.09. The van der Waals surface area contributed by atoms with Crippen LogP contribution < -0.4 is 4.74 Å². The molecule has 3 heteroatoms. The van der Waals surface area contributed by atoms with Gasteiger partial charge in [0.1, 0.15) is 11.3 Å².